The van der Waals surface area contributed by atoms with Gasteiger partial charge in [-0.2, -0.15) is 0 Å². The van der Waals surface area contributed by atoms with E-state index < -0.39 is 16.1 Å². The minimum absolute atomic E-state index is 0.141. The van der Waals surface area contributed by atoms with Crippen LogP contribution in [0, 0.1) is 0 Å². The Bertz CT molecular complexity index is 1100. The maximum Gasteiger partial charge on any atom is 0.245 e. The number of amides is 2. The summed E-state index contributed by atoms with van der Waals surface area (Å²) in [6.45, 7) is 2.14. The molecule has 184 valence electrons. The van der Waals surface area contributed by atoms with Crippen LogP contribution in [-0.2, 0) is 26.0 Å². The van der Waals surface area contributed by atoms with Crippen molar-refractivity contribution in [3.63, 3.8) is 0 Å². The van der Waals surface area contributed by atoms with Gasteiger partial charge in [0, 0.05) is 50.6 Å². The topological polar surface area (TPSA) is 125 Å². The quantitative estimate of drug-likeness (QED) is 0.471. The Labute approximate surface area is 205 Å². The first kappa shape index (κ1) is 25.8. The van der Waals surface area contributed by atoms with E-state index in [1.165, 1.54) is 0 Å². The third-order valence-corrected chi connectivity index (χ3v) is 6.33. The highest BCUT2D eigenvalue weighted by atomic mass is 35.5. The standard InChI is InChI=1S/C23H30ClN5O4S/c1-34(32,33)27-19-4-2-3-5-21(19)28-12-14-29(15-13-28)23(31)20(26-22(30)10-11-25)16-17-6-8-18(24)9-7-17/h2-9,20,27H,10-16,25H2,1H3,(H,26,30). The van der Waals surface area contributed by atoms with E-state index in [4.69, 9.17) is 17.3 Å². The molecule has 0 radical (unpaired) electrons. The average molecular weight is 508 g/mol. The smallest absolute Gasteiger partial charge is 0.245 e. The van der Waals surface area contributed by atoms with Crippen LogP contribution >= 0.6 is 11.6 Å². The highest BCUT2D eigenvalue weighted by Crippen LogP contribution is 2.27. The van der Waals surface area contributed by atoms with Gasteiger partial charge in [0.15, 0.2) is 0 Å². The summed E-state index contributed by atoms with van der Waals surface area (Å²) in [5.74, 6) is -0.434. The normalized spacial score (nSPS) is 15.0. The van der Waals surface area contributed by atoms with Gasteiger partial charge in [0.05, 0.1) is 17.6 Å². The van der Waals surface area contributed by atoms with Crippen LogP contribution in [0.1, 0.15) is 12.0 Å². The third kappa shape index (κ3) is 7.34. The van der Waals surface area contributed by atoms with Gasteiger partial charge in [0.2, 0.25) is 21.8 Å². The Kier molecular flexibility index (Phi) is 8.76. The Morgan fingerprint density at radius 2 is 1.71 bits per heavy atom. The summed E-state index contributed by atoms with van der Waals surface area (Å²) in [5.41, 5.74) is 7.64. The van der Waals surface area contributed by atoms with E-state index >= 15 is 0 Å². The fourth-order valence-electron chi connectivity index (χ4n) is 3.88. The van der Waals surface area contributed by atoms with Crippen LogP contribution in [0.5, 0.6) is 0 Å². The van der Waals surface area contributed by atoms with E-state index in [1.54, 1.807) is 29.2 Å². The molecule has 0 bridgehead atoms. The first-order valence-corrected chi connectivity index (χ1v) is 13.3. The zero-order chi connectivity index (χ0) is 24.7. The number of nitrogens with one attached hydrogen (secondary N) is 2. The van der Waals surface area contributed by atoms with Gasteiger partial charge in [-0.25, -0.2) is 8.42 Å². The van der Waals surface area contributed by atoms with Crippen LogP contribution in [0.3, 0.4) is 0 Å². The number of halogens is 1. The number of benzene rings is 2. The van der Waals surface area contributed by atoms with Crippen molar-refractivity contribution in [1.29, 1.82) is 0 Å². The summed E-state index contributed by atoms with van der Waals surface area (Å²) in [4.78, 5) is 29.3. The van der Waals surface area contributed by atoms with Crippen molar-refractivity contribution in [2.45, 2.75) is 18.9 Å². The number of para-hydroxylation sites is 2. The molecule has 0 aliphatic carbocycles. The number of rotatable bonds is 9. The highest BCUT2D eigenvalue weighted by Gasteiger charge is 2.29. The SMILES string of the molecule is CS(=O)(=O)Nc1ccccc1N1CCN(C(=O)C(Cc2ccc(Cl)cc2)NC(=O)CCN)CC1. The first-order chi connectivity index (χ1) is 16.2. The second-order valence-corrected chi connectivity index (χ2v) is 10.4. The summed E-state index contributed by atoms with van der Waals surface area (Å²) < 4.78 is 26.0. The van der Waals surface area contributed by atoms with E-state index in [0.29, 0.717) is 43.3 Å². The van der Waals surface area contributed by atoms with Crippen molar-refractivity contribution in [2.24, 2.45) is 5.73 Å². The number of carbonyl (C=O) groups is 2. The Hall–Kier alpha value is -2.82. The lowest BCUT2D eigenvalue weighted by Crippen LogP contribution is -2.55. The van der Waals surface area contributed by atoms with Gasteiger partial charge in [-0.3, -0.25) is 14.3 Å². The Morgan fingerprint density at radius 3 is 2.32 bits per heavy atom. The highest BCUT2D eigenvalue weighted by molar-refractivity contribution is 7.92. The van der Waals surface area contributed by atoms with E-state index in [9.17, 15) is 18.0 Å². The number of sulfonamides is 1. The van der Waals surface area contributed by atoms with Gasteiger partial charge in [0.25, 0.3) is 0 Å². The van der Waals surface area contributed by atoms with Crippen LogP contribution in [0.15, 0.2) is 48.5 Å². The monoisotopic (exact) mass is 507 g/mol. The molecule has 1 aliphatic rings. The van der Waals surface area contributed by atoms with E-state index in [1.807, 2.05) is 29.2 Å². The molecular weight excluding hydrogens is 478 g/mol. The van der Waals surface area contributed by atoms with Crippen LogP contribution in [0.25, 0.3) is 0 Å². The number of anilines is 2. The van der Waals surface area contributed by atoms with Crippen LogP contribution < -0.4 is 20.7 Å². The summed E-state index contributed by atoms with van der Waals surface area (Å²) in [6.07, 6.45) is 1.59. The predicted octanol–water partition coefficient (Wildman–Crippen LogP) is 1.44. The lowest BCUT2D eigenvalue weighted by Gasteiger charge is -2.38. The summed E-state index contributed by atoms with van der Waals surface area (Å²) >= 11 is 5.97. The lowest BCUT2D eigenvalue weighted by molar-refractivity contribution is -0.136. The number of piperazine rings is 1. The lowest BCUT2D eigenvalue weighted by atomic mass is 10.0. The molecule has 0 spiro atoms. The second kappa shape index (κ2) is 11.5. The molecule has 4 N–H and O–H groups in total. The van der Waals surface area contributed by atoms with Crippen molar-refractivity contribution >= 4 is 44.8 Å². The molecule has 1 unspecified atom stereocenters. The summed E-state index contributed by atoms with van der Waals surface area (Å²) in [6, 6.07) is 13.6. The Balaban J connectivity index is 1.69. The molecule has 2 aromatic carbocycles. The molecule has 3 rings (SSSR count). The van der Waals surface area contributed by atoms with Crippen LogP contribution in [0.2, 0.25) is 5.02 Å². The molecule has 34 heavy (non-hydrogen) atoms. The molecule has 1 atom stereocenters. The van der Waals surface area contributed by atoms with Crippen molar-refractivity contribution in [1.82, 2.24) is 10.2 Å². The van der Waals surface area contributed by atoms with Crippen molar-refractivity contribution in [3.05, 3.63) is 59.1 Å². The molecule has 2 amide bonds. The molecule has 0 aromatic heterocycles. The van der Waals surface area contributed by atoms with Crippen LogP contribution in [0.4, 0.5) is 11.4 Å². The van der Waals surface area contributed by atoms with Gasteiger partial charge in [0.1, 0.15) is 6.04 Å². The molecule has 11 heteroatoms. The van der Waals surface area contributed by atoms with E-state index in [-0.39, 0.29) is 24.8 Å². The van der Waals surface area contributed by atoms with Crippen molar-refractivity contribution in [2.75, 3.05) is 48.6 Å². The molecule has 2 aromatic rings. The maximum absolute atomic E-state index is 13.4. The number of hydrogen-bond donors (Lipinski definition) is 3. The molecule has 9 nitrogen and oxygen atoms in total. The molecule has 0 saturated carbocycles. The van der Waals surface area contributed by atoms with Gasteiger partial charge in [-0.15, -0.1) is 0 Å². The van der Waals surface area contributed by atoms with Gasteiger partial charge in [-0.1, -0.05) is 35.9 Å². The van der Waals surface area contributed by atoms with Gasteiger partial charge < -0.3 is 20.9 Å². The largest absolute Gasteiger partial charge is 0.366 e. The van der Waals surface area contributed by atoms with Crippen molar-refractivity contribution < 1.29 is 18.0 Å². The molecule has 1 fully saturated rings. The zero-order valence-corrected chi connectivity index (χ0v) is 20.6. The van der Waals surface area contributed by atoms with E-state index in [2.05, 4.69) is 10.0 Å². The number of nitrogens with zero attached hydrogens (tertiary/aromatic N) is 2. The average Bonchev–Trinajstić information content (AvgIpc) is 2.79. The second-order valence-electron chi connectivity index (χ2n) is 8.19. The Morgan fingerprint density at radius 1 is 1.06 bits per heavy atom. The fraction of sp³-hybridized carbons (Fsp3) is 0.391. The number of nitrogens with two attached hydrogens (primary N) is 1. The molecule has 1 heterocycles. The van der Waals surface area contributed by atoms with Crippen molar-refractivity contribution in [3.8, 4) is 0 Å². The first-order valence-electron chi connectivity index (χ1n) is 11.0. The molecule has 1 saturated heterocycles. The van der Waals surface area contributed by atoms with Gasteiger partial charge in [-0.05, 0) is 29.8 Å². The predicted molar refractivity (Wildman–Crippen MR) is 134 cm³/mol. The zero-order valence-electron chi connectivity index (χ0n) is 19.0. The van der Waals surface area contributed by atoms with Crippen LogP contribution in [-0.4, -0.2) is 70.2 Å². The minimum Gasteiger partial charge on any atom is -0.366 e. The molecular formula is C23H30ClN5O4S. The fourth-order valence-corrected chi connectivity index (χ4v) is 4.58. The number of carbonyl (C=O) groups excluding carboxylic acids is 2. The summed E-state index contributed by atoms with van der Waals surface area (Å²) in [5, 5.41) is 3.42. The molecule has 1 aliphatic heterocycles. The van der Waals surface area contributed by atoms with Gasteiger partial charge >= 0.3 is 0 Å². The van der Waals surface area contributed by atoms with E-state index in [0.717, 1.165) is 17.5 Å². The minimum atomic E-state index is -3.42. The third-order valence-electron chi connectivity index (χ3n) is 5.49. The maximum atomic E-state index is 13.4. The number of hydrogen-bond acceptors (Lipinski definition) is 6. The summed E-state index contributed by atoms with van der Waals surface area (Å²) in [7, 11) is -3.42.